The van der Waals surface area contributed by atoms with E-state index >= 15 is 0 Å². The first-order valence-corrected chi connectivity index (χ1v) is 5.63. The van der Waals surface area contributed by atoms with Gasteiger partial charge in [0.25, 0.3) is 0 Å². The molecule has 0 saturated carbocycles. The topological polar surface area (TPSA) is 72.7 Å². The number of aliphatic hydroxyl groups excluding tert-OH is 1. The molecule has 0 aromatic rings. The van der Waals surface area contributed by atoms with Crippen molar-refractivity contribution in [3.63, 3.8) is 0 Å². The molecule has 0 amide bonds. The highest BCUT2D eigenvalue weighted by molar-refractivity contribution is 6.64. The normalized spacial score (nSPS) is 12.0. The fourth-order valence-electron chi connectivity index (χ4n) is 0.629. The molecule has 4 nitrogen and oxygen atoms in total. The van der Waals surface area contributed by atoms with Gasteiger partial charge in [-0.15, -0.1) is 0 Å². The van der Waals surface area contributed by atoms with Gasteiger partial charge in [-0.3, -0.25) is 0 Å². The Morgan fingerprint density at radius 3 is 2.30 bits per heavy atom. The zero-order valence-electron chi connectivity index (χ0n) is 6.17. The Bertz CT molecular complexity index is 89.0. The summed E-state index contributed by atoms with van der Waals surface area (Å²) in [7, 11) is -1.28. The number of hydrogen-bond donors (Lipinski definition) is 4. The predicted octanol–water partition coefficient (Wildman–Crippen LogP) is -1.38. The molecule has 0 aromatic carbocycles. The molecular weight excluding hydrogens is 150 g/mol. The van der Waals surface area contributed by atoms with Gasteiger partial charge in [-0.2, -0.15) is 0 Å². The molecule has 0 spiro atoms. The quantitative estimate of drug-likeness (QED) is 0.379. The molecule has 0 radical (unpaired) electrons. The van der Waals surface area contributed by atoms with Gasteiger partial charge in [0.1, 0.15) is 0 Å². The molecule has 0 rings (SSSR count). The van der Waals surface area contributed by atoms with E-state index in [1.165, 1.54) is 0 Å². The van der Waals surface area contributed by atoms with Crippen LogP contribution in [0.25, 0.3) is 0 Å². The summed E-state index contributed by atoms with van der Waals surface area (Å²) < 4.78 is 0. The fourth-order valence-corrected chi connectivity index (χ4v) is 1.89. The van der Waals surface area contributed by atoms with Crippen molar-refractivity contribution in [3.05, 3.63) is 0 Å². The highest BCUT2D eigenvalue weighted by atomic mass is 28.4. The van der Waals surface area contributed by atoms with Crippen LogP contribution < -0.4 is 5.32 Å². The molecule has 0 atom stereocenters. The molecule has 0 bridgehead atoms. The van der Waals surface area contributed by atoms with E-state index in [1.807, 2.05) is 0 Å². The molecule has 4 N–H and O–H groups in total. The van der Waals surface area contributed by atoms with Crippen LogP contribution in [0.1, 0.15) is 0 Å². The molecule has 0 aliphatic carbocycles. The van der Waals surface area contributed by atoms with E-state index < -0.39 is 8.56 Å². The summed E-state index contributed by atoms with van der Waals surface area (Å²) in [5.41, 5.74) is 0. The van der Waals surface area contributed by atoms with Crippen LogP contribution in [0.5, 0.6) is 0 Å². The van der Waals surface area contributed by atoms with E-state index in [2.05, 4.69) is 5.32 Å². The van der Waals surface area contributed by atoms with E-state index in [1.54, 1.807) is 7.05 Å². The third kappa shape index (κ3) is 4.89. The van der Waals surface area contributed by atoms with Crippen molar-refractivity contribution < 1.29 is 14.7 Å². The standard InChI is InChI=1S/C5H15NO3Si/c1-6-2-4-10(8,9)5-3-7/h6-9H,2-5H2,1H3. The number of aliphatic hydroxyl groups is 1. The number of rotatable bonds is 5. The van der Waals surface area contributed by atoms with Crippen LogP contribution in [-0.2, 0) is 0 Å². The van der Waals surface area contributed by atoms with Crippen LogP contribution in [0.4, 0.5) is 0 Å². The lowest BCUT2D eigenvalue weighted by molar-refractivity contribution is 0.284. The molecule has 0 heterocycles. The number of nitrogens with one attached hydrogen (secondary N) is 1. The van der Waals surface area contributed by atoms with Gasteiger partial charge >= 0.3 is 8.56 Å². The SMILES string of the molecule is CNCC[Si](O)(O)CCO. The Labute approximate surface area is 61.8 Å². The second-order valence-corrected chi connectivity index (χ2v) is 5.27. The number of hydrogen-bond acceptors (Lipinski definition) is 4. The van der Waals surface area contributed by atoms with E-state index in [9.17, 15) is 0 Å². The Balaban J connectivity index is 3.42. The first-order valence-electron chi connectivity index (χ1n) is 3.32. The smallest absolute Gasteiger partial charge is 0.336 e. The molecule has 0 unspecified atom stereocenters. The Hall–Kier alpha value is 0.0569. The highest BCUT2D eigenvalue weighted by Gasteiger charge is 2.26. The molecule has 10 heavy (non-hydrogen) atoms. The lowest BCUT2D eigenvalue weighted by Gasteiger charge is -2.15. The van der Waals surface area contributed by atoms with E-state index in [0.29, 0.717) is 12.6 Å². The molecule has 0 fully saturated rings. The molecule has 0 aromatic heterocycles. The zero-order chi connectivity index (χ0) is 8.04. The van der Waals surface area contributed by atoms with E-state index in [0.717, 1.165) is 0 Å². The minimum atomic E-state index is -3.04. The molecular formula is C5H15NO3Si. The zero-order valence-corrected chi connectivity index (χ0v) is 7.17. The molecule has 62 valence electrons. The summed E-state index contributed by atoms with van der Waals surface area (Å²) in [5, 5.41) is 11.2. The van der Waals surface area contributed by atoms with E-state index in [4.69, 9.17) is 14.7 Å². The Kier molecular flexibility index (Phi) is 4.84. The highest BCUT2D eigenvalue weighted by Crippen LogP contribution is 2.05. The second-order valence-electron chi connectivity index (χ2n) is 2.31. The van der Waals surface area contributed by atoms with Gasteiger partial charge in [-0.05, 0) is 13.6 Å². The van der Waals surface area contributed by atoms with Crippen molar-refractivity contribution in [2.45, 2.75) is 12.1 Å². The first-order chi connectivity index (χ1) is 4.62. The summed E-state index contributed by atoms with van der Waals surface area (Å²) in [4.78, 5) is 18.3. The molecule has 5 heteroatoms. The van der Waals surface area contributed by atoms with Crippen LogP contribution in [0.15, 0.2) is 0 Å². The largest absolute Gasteiger partial charge is 0.411 e. The van der Waals surface area contributed by atoms with Crippen molar-refractivity contribution >= 4 is 8.56 Å². The Morgan fingerprint density at radius 1 is 1.30 bits per heavy atom. The van der Waals surface area contributed by atoms with Crippen molar-refractivity contribution in [2.24, 2.45) is 0 Å². The van der Waals surface area contributed by atoms with Crippen LogP contribution in [0.3, 0.4) is 0 Å². The van der Waals surface area contributed by atoms with Crippen LogP contribution in [-0.4, -0.2) is 43.5 Å². The van der Waals surface area contributed by atoms with Gasteiger partial charge in [0.05, 0.1) is 0 Å². The maximum atomic E-state index is 9.14. The average Bonchev–Trinajstić information content (AvgIpc) is 1.84. The lowest BCUT2D eigenvalue weighted by Crippen LogP contribution is -2.38. The van der Waals surface area contributed by atoms with Gasteiger partial charge < -0.3 is 20.0 Å². The van der Waals surface area contributed by atoms with Crippen molar-refractivity contribution in [1.82, 2.24) is 5.32 Å². The van der Waals surface area contributed by atoms with Crippen molar-refractivity contribution in [3.8, 4) is 0 Å². The second kappa shape index (κ2) is 4.81. The summed E-state index contributed by atoms with van der Waals surface area (Å²) >= 11 is 0. The average molecular weight is 165 g/mol. The van der Waals surface area contributed by atoms with Crippen LogP contribution >= 0.6 is 0 Å². The molecule has 0 aliphatic rings. The van der Waals surface area contributed by atoms with Gasteiger partial charge in [0, 0.05) is 18.7 Å². The minimum Gasteiger partial charge on any atom is -0.411 e. The third-order valence-corrected chi connectivity index (χ3v) is 3.36. The summed E-state index contributed by atoms with van der Waals surface area (Å²) in [5.74, 6) is 0. The maximum Gasteiger partial charge on any atom is 0.336 e. The predicted molar refractivity (Wildman–Crippen MR) is 40.8 cm³/mol. The molecule has 0 aliphatic heterocycles. The fraction of sp³-hybridized carbons (Fsp3) is 1.00. The van der Waals surface area contributed by atoms with E-state index in [-0.39, 0.29) is 12.7 Å². The van der Waals surface area contributed by atoms with Gasteiger partial charge in [-0.1, -0.05) is 0 Å². The van der Waals surface area contributed by atoms with Crippen molar-refractivity contribution in [2.75, 3.05) is 20.2 Å². The van der Waals surface area contributed by atoms with Gasteiger partial charge in [0.2, 0.25) is 0 Å². The monoisotopic (exact) mass is 165 g/mol. The van der Waals surface area contributed by atoms with Crippen LogP contribution in [0, 0.1) is 0 Å². The lowest BCUT2D eigenvalue weighted by atomic mass is 10.8. The summed E-state index contributed by atoms with van der Waals surface area (Å²) in [6.45, 7) is 0.460. The first kappa shape index (κ1) is 10.1. The van der Waals surface area contributed by atoms with Crippen molar-refractivity contribution in [1.29, 1.82) is 0 Å². The van der Waals surface area contributed by atoms with Gasteiger partial charge in [-0.25, -0.2) is 0 Å². The maximum absolute atomic E-state index is 9.14. The molecule has 0 saturated heterocycles. The summed E-state index contributed by atoms with van der Waals surface area (Å²) in [6, 6.07) is 0.527. The third-order valence-electron chi connectivity index (χ3n) is 1.29. The minimum absolute atomic E-state index is 0.136. The van der Waals surface area contributed by atoms with Crippen LogP contribution in [0.2, 0.25) is 12.1 Å². The summed E-state index contributed by atoms with van der Waals surface area (Å²) in [6.07, 6.45) is 0. The Morgan fingerprint density at radius 2 is 1.90 bits per heavy atom. The van der Waals surface area contributed by atoms with Gasteiger partial charge in [0.15, 0.2) is 0 Å².